The van der Waals surface area contributed by atoms with E-state index in [1.54, 1.807) is 56.5 Å². The van der Waals surface area contributed by atoms with Crippen molar-refractivity contribution in [2.45, 2.75) is 13.8 Å². The van der Waals surface area contributed by atoms with Gasteiger partial charge in [0.1, 0.15) is 23.0 Å². The molecule has 0 aliphatic carbocycles. The van der Waals surface area contributed by atoms with E-state index in [1.807, 2.05) is 31.2 Å². The van der Waals surface area contributed by atoms with E-state index in [1.165, 1.54) is 0 Å². The summed E-state index contributed by atoms with van der Waals surface area (Å²) in [5.74, 6) is 2.27. The summed E-state index contributed by atoms with van der Waals surface area (Å²) in [6, 6.07) is 17.6. The summed E-state index contributed by atoms with van der Waals surface area (Å²) in [5, 5.41) is 0. The third-order valence-electron chi connectivity index (χ3n) is 5.30. The van der Waals surface area contributed by atoms with E-state index >= 15 is 0 Å². The zero-order valence-electron chi connectivity index (χ0n) is 18.7. The Bertz CT molecular complexity index is 1210. The lowest BCUT2D eigenvalue weighted by Crippen LogP contribution is -2.12. The molecule has 0 unspecified atom stereocenters. The van der Waals surface area contributed by atoms with Crippen LogP contribution < -0.4 is 18.9 Å². The number of carbonyl (C=O) groups excluding carboxylic acids is 2. The van der Waals surface area contributed by atoms with E-state index in [-0.39, 0.29) is 23.9 Å². The van der Waals surface area contributed by atoms with Crippen molar-refractivity contribution in [2.75, 3.05) is 20.3 Å². The third kappa shape index (κ3) is 4.75. The van der Waals surface area contributed by atoms with Gasteiger partial charge in [0, 0.05) is 11.1 Å². The van der Waals surface area contributed by atoms with Gasteiger partial charge in [-0.1, -0.05) is 12.1 Å². The molecule has 6 nitrogen and oxygen atoms in total. The number of allylic oxidation sites excluding steroid dienone is 1. The van der Waals surface area contributed by atoms with E-state index in [9.17, 15) is 9.59 Å². The fourth-order valence-electron chi connectivity index (χ4n) is 3.51. The quantitative estimate of drug-likeness (QED) is 0.348. The summed E-state index contributed by atoms with van der Waals surface area (Å²) >= 11 is 0. The minimum absolute atomic E-state index is 0.130. The maximum absolute atomic E-state index is 12.8. The predicted molar refractivity (Wildman–Crippen MR) is 125 cm³/mol. The van der Waals surface area contributed by atoms with Gasteiger partial charge in [0.05, 0.1) is 19.3 Å². The summed E-state index contributed by atoms with van der Waals surface area (Å²) in [6.07, 6.45) is 1.70. The normalized spacial score (nSPS) is 13.4. The van der Waals surface area contributed by atoms with Crippen molar-refractivity contribution in [1.29, 1.82) is 0 Å². The molecule has 0 atom stereocenters. The first kappa shape index (κ1) is 22.1. The standard InChI is InChI=1S/C27H24O6/c1-4-31-21-9-5-18(6-10-21)15-25-26(29)22-13-14-24(17(2)27(22)33-25)32-16-23(28)19-7-11-20(30-3)12-8-19/h5-15H,4,16H2,1-3H3/b25-15-. The summed E-state index contributed by atoms with van der Waals surface area (Å²) in [4.78, 5) is 25.3. The molecule has 0 spiro atoms. The molecule has 0 saturated carbocycles. The molecule has 3 aromatic rings. The number of ether oxygens (including phenoxy) is 4. The fourth-order valence-corrected chi connectivity index (χ4v) is 3.51. The third-order valence-corrected chi connectivity index (χ3v) is 5.30. The molecular weight excluding hydrogens is 420 g/mol. The molecule has 1 heterocycles. The lowest BCUT2D eigenvalue weighted by Gasteiger charge is -2.11. The number of methoxy groups -OCH3 is 1. The van der Waals surface area contributed by atoms with E-state index in [0.717, 1.165) is 11.3 Å². The van der Waals surface area contributed by atoms with Gasteiger partial charge in [-0.25, -0.2) is 0 Å². The number of fused-ring (bicyclic) bond motifs is 1. The number of ketones is 2. The first-order chi connectivity index (χ1) is 16.0. The van der Waals surface area contributed by atoms with Crippen LogP contribution in [0.15, 0.2) is 66.4 Å². The van der Waals surface area contributed by atoms with Gasteiger partial charge in [0.15, 0.2) is 18.1 Å². The van der Waals surface area contributed by atoms with Crippen LogP contribution in [0.3, 0.4) is 0 Å². The summed E-state index contributed by atoms with van der Waals surface area (Å²) in [7, 11) is 1.57. The second kappa shape index (κ2) is 9.61. The van der Waals surface area contributed by atoms with Gasteiger partial charge in [-0.3, -0.25) is 9.59 Å². The predicted octanol–water partition coefficient (Wildman–Crippen LogP) is 5.28. The molecule has 1 aliphatic rings. The molecule has 6 heteroatoms. The minimum Gasteiger partial charge on any atom is -0.497 e. The van der Waals surface area contributed by atoms with Crippen molar-refractivity contribution in [3.05, 3.63) is 88.7 Å². The Morgan fingerprint density at radius 2 is 1.64 bits per heavy atom. The van der Waals surface area contributed by atoms with Crippen LogP contribution in [0.25, 0.3) is 6.08 Å². The van der Waals surface area contributed by atoms with Crippen LogP contribution in [-0.4, -0.2) is 31.9 Å². The Kier molecular flexibility index (Phi) is 6.45. The first-order valence-electron chi connectivity index (χ1n) is 10.6. The second-order valence-corrected chi connectivity index (χ2v) is 7.45. The molecule has 3 aromatic carbocycles. The Morgan fingerprint density at radius 3 is 2.30 bits per heavy atom. The van der Waals surface area contributed by atoms with Crippen molar-refractivity contribution in [2.24, 2.45) is 0 Å². The van der Waals surface area contributed by atoms with Crippen LogP contribution in [-0.2, 0) is 0 Å². The molecule has 0 bridgehead atoms. The average molecular weight is 444 g/mol. The SMILES string of the molecule is CCOc1ccc(/C=C2\Oc3c(ccc(OCC(=O)c4ccc(OC)cc4)c3C)C2=O)cc1. The van der Waals surface area contributed by atoms with E-state index in [2.05, 4.69) is 0 Å². The van der Waals surface area contributed by atoms with Gasteiger partial charge in [0.2, 0.25) is 5.78 Å². The minimum atomic E-state index is -0.192. The average Bonchev–Trinajstić information content (AvgIpc) is 3.16. The van der Waals surface area contributed by atoms with Crippen LogP contribution >= 0.6 is 0 Å². The molecule has 0 N–H and O–H groups in total. The highest BCUT2D eigenvalue weighted by Gasteiger charge is 2.30. The zero-order chi connectivity index (χ0) is 23.4. The maximum Gasteiger partial charge on any atom is 0.231 e. The molecule has 1 aliphatic heterocycles. The molecule has 0 fully saturated rings. The highest BCUT2D eigenvalue weighted by atomic mass is 16.5. The van der Waals surface area contributed by atoms with Crippen molar-refractivity contribution in [3.63, 3.8) is 0 Å². The van der Waals surface area contributed by atoms with Gasteiger partial charge in [-0.05, 0) is 74.0 Å². The van der Waals surface area contributed by atoms with Crippen LogP contribution in [0.4, 0.5) is 0 Å². The number of hydrogen-bond donors (Lipinski definition) is 0. The largest absolute Gasteiger partial charge is 0.497 e. The van der Waals surface area contributed by atoms with Crippen molar-refractivity contribution in [3.8, 4) is 23.0 Å². The smallest absolute Gasteiger partial charge is 0.231 e. The number of hydrogen-bond acceptors (Lipinski definition) is 6. The molecule has 0 amide bonds. The van der Waals surface area contributed by atoms with Crippen molar-refractivity contribution >= 4 is 17.6 Å². The highest BCUT2D eigenvalue weighted by molar-refractivity contribution is 6.15. The molecular formula is C27H24O6. The number of Topliss-reactive ketones (excluding diaryl/α,β-unsaturated/α-hetero) is 2. The second-order valence-electron chi connectivity index (χ2n) is 7.45. The number of carbonyl (C=O) groups is 2. The number of benzene rings is 3. The summed E-state index contributed by atoms with van der Waals surface area (Å²) < 4.78 is 22.2. The lowest BCUT2D eigenvalue weighted by atomic mass is 10.1. The van der Waals surface area contributed by atoms with Gasteiger partial charge >= 0.3 is 0 Å². The molecule has 168 valence electrons. The monoisotopic (exact) mass is 444 g/mol. The van der Waals surface area contributed by atoms with Gasteiger partial charge in [-0.15, -0.1) is 0 Å². The van der Waals surface area contributed by atoms with Gasteiger partial charge in [-0.2, -0.15) is 0 Å². The van der Waals surface area contributed by atoms with Gasteiger partial charge in [0.25, 0.3) is 0 Å². The van der Waals surface area contributed by atoms with Crippen LogP contribution in [0.2, 0.25) is 0 Å². The summed E-state index contributed by atoms with van der Waals surface area (Å²) in [6.45, 7) is 4.19. The Hall–Kier alpha value is -4.06. The van der Waals surface area contributed by atoms with Crippen molar-refractivity contribution in [1.82, 2.24) is 0 Å². The van der Waals surface area contributed by atoms with E-state index in [4.69, 9.17) is 18.9 Å². The number of rotatable bonds is 8. The molecule has 33 heavy (non-hydrogen) atoms. The zero-order valence-corrected chi connectivity index (χ0v) is 18.7. The van der Waals surface area contributed by atoms with Crippen LogP contribution in [0.5, 0.6) is 23.0 Å². The van der Waals surface area contributed by atoms with Gasteiger partial charge < -0.3 is 18.9 Å². The Labute approximate surface area is 192 Å². The highest BCUT2D eigenvalue weighted by Crippen LogP contribution is 2.39. The van der Waals surface area contributed by atoms with Crippen LogP contribution in [0.1, 0.15) is 38.8 Å². The first-order valence-corrected chi connectivity index (χ1v) is 10.6. The van der Waals surface area contributed by atoms with E-state index in [0.29, 0.717) is 40.5 Å². The lowest BCUT2D eigenvalue weighted by molar-refractivity contribution is 0.0920. The topological polar surface area (TPSA) is 71.1 Å². The molecule has 0 radical (unpaired) electrons. The van der Waals surface area contributed by atoms with Crippen LogP contribution in [0, 0.1) is 6.92 Å². The summed E-state index contributed by atoms with van der Waals surface area (Å²) in [5.41, 5.74) is 2.49. The fraction of sp³-hybridized carbons (Fsp3) is 0.185. The van der Waals surface area contributed by atoms with Crippen molar-refractivity contribution < 1.29 is 28.5 Å². The Balaban J connectivity index is 1.47. The molecule has 4 rings (SSSR count). The maximum atomic E-state index is 12.8. The molecule has 0 aromatic heterocycles. The Morgan fingerprint density at radius 1 is 0.939 bits per heavy atom. The van der Waals surface area contributed by atoms with E-state index < -0.39 is 0 Å². The molecule has 0 saturated heterocycles.